The van der Waals surface area contributed by atoms with Gasteiger partial charge >= 0.3 is 0 Å². The second-order valence-corrected chi connectivity index (χ2v) is 2.79. The molecule has 0 spiro atoms. The van der Waals surface area contributed by atoms with E-state index >= 15 is 0 Å². The molecule has 78 valence electrons. The van der Waals surface area contributed by atoms with Gasteiger partial charge in [-0.3, -0.25) is 0 Å². The minimum atomic E-state index is -0.321. The summed E-state index contributed by atoms with van der Waals surface area (Å²) in [4.78, 5) is 0. The molecule has 4 heteroatoms. The van der Waals surface area contributed by atoms with Crippen LogP contribution in [0.15, 0.2) is 24.3 Å². The number of ether oxygens (including phenoxy) is 2. The van der Waals surface area contributed by atoms with Crippen LogP contribution in [0.4, 0.5) is 10.1 Å². The normalized spacial score (nSPS) is 10.6. The largest absolute Gasteiger partial charge is 0.380 e. The number of methoxy groups -OCH3 is 2. The van der Waals surface area contributed by atoms with Gasteiger partial charge in [-0.2, -0.15) is 0 Å². The van der Waals surface area contributed by atoms with E-state index in [1.807, 2.05) is 0 Å². The zero-order chi connectivity index (χ0) is 10.4. The van der Waals surface area contributed by atoms with Crippen LogP contribution in [0.1, 0.15) is 0 Å². The SMILES string of the molecule is COC(CNc1cccc(F)c1)OC. The fourth-order valence-corrected chi connectivity index (χ4v) is 1.06. The van der Waals surface area contributed by atoms with E-state index in [4.69, 9.17) is 9.47 Å². The van der Waals surface area contributed by atoms with Gasteiger partial charge in [-0.15, -0.1) is 0 Å². The lowest BCUT2D eigenvalue weighted by Gasteiger charge is -2.14. The van der Waals surface area contributed by atoms with Crippen LogP contribution in [0.5, 0.6) is 0 Å². The third kappa shape index (κ3) is 3.32. The molecule has 0 fully saturated rings. The average Bonchev–Trinajstić information content (AvgIpc) is 2.19. The lowest BCUT2D eigenvalue weighted by molar-refractivity contribution is -0.0914. The molecule has 3 nitrogen and oxygen atoms in total. The first-order valence-corrected chi connectivity index (χ1v) is 4.31. The Morgan fingerprint density at radius 1 is 1.36 bits per heavy atom. The summed E-state index contributed by atoms with van der Waals surface area (Å²) < 4.78 is 22.7. The van der Waals surface area contributed by atoms with Crippen molar-refractivity contribution in [3.05, 3.63) is 30.1 Å². The van der Waals surface area contributed by atoms with Gasteiger partial charge in [-0.05, 0) is 18.2 Å². The number of hydrogen-bond donors (Lipinski definition) is 1. The first-order valence-electron chi connectivity index (χ1n) is 4.31. The molecule has 0 saturated heterocycles. The monoisotopic (exact) mass is 199 g/mol. The van der Waals surface area contributed by atoms with Crippen LogP contribution >= 0.6 is 0 Å². The van der Waals surface area contributed by atoms with Crippen molar-refractivity contribution < 1.29 is 13.9 Å². The van der Waals surface area contributed by atoms with Crippen molar-refractivity contribution in [3.8, 4) is 0 Å². The summed E-state index contributed by atoms with van der Waals surface area (Å²) in [6, 6.07) is 6.25. The van der Waals surface area contributed by atoms with Crippen molar-refractivity contribution in [3.63, 3.8) is 0 Å². The van der Waals surface area contributed by atoms with E-state index in [1.54, 1.807) is 26.4 Å². The molecular formula is C10H14FNO2. The van der Waals surface area contributed by atoms with Crippen LogP contribution in [0, 0.1) is 5.82 Å². The summed E-state index contributed by atoms with van der Waals surface area (Å²) in [7, 11) is 3.11. The van der Waals surface area contributed by atoms with Crippen molar-refractivity contribution in [2.45, 2.75) is 6.29 Å². The molecule has 0 aliphatic carbocycles. The summed E-state index contributed by atoms with van der Waals surface area (Å²) in [6.45, 7) is 0.483. The van der Waals surface area contributed by atoms with Gasteiger partial charge in [0.05, 0.1) is 6.54 Å². The topological polar surface area (TPSA) is 30.5 Å². The predicted molar refractivity (Wildman–Crippen MR) is 52.7 cm³/mol. The van der Waals surface area contributed by atoms with Gasteiger partial charge in [-0.1, -0.05) is 6.07 Å². The molecule has 14 heavy (non-hydrogen) atoms. The predicted octanol–water partition coefficient (Wildman–Crippen LogP) is 1.86. The molecule has 1 aromatic rings. The summed E-state index contributed by atoms with van der Waals surface area (Å²) in [6.07, 6.45) is -0.321. The average molecular weight is 199 g/mol. The molecule has 0 heterocycles. The molecule has 0 unspecified atom stereocenters. The Morgan fingerprint density at radius 3 is 2.64 bits per heavy atom. The summed E-state index contributed by atoms with van der Waals surface area (Å²) in [5.74, 6) is -0.263. The second-order valence-electron chi connectivity index (χ2n) is 2.79. The Labute approximate surface area is 82.8 Å². The Kier molecular flexibility index (Phi) is 4.35. The highest BCUT2D eigenvalue weighted by Gasteiger charge is 2.03. The van der Waals surface area contributed by atoms with E-state index in [0.717, 1.165) is 0 Å². The van der Waals surface area contributed by atoms with Crippen molar-refractivity contribution >= 4 is 5.69 Å². The number of benzene rings is 1. The van der Waals surface area contributed by atoms with Gasteiger partial charge in [0.1, 0.15) is 5.82 Å². The molecule has 0 bridgehead atoms. The maximum Gasteiger partial charge on any atom is 0.173 e. The Balaban J connectivity index is 2.44. The molecule has 0 aromatic heterocycles. The van der Waals surface area contributed by atoms with E-state index in [0.29, 0.717) is 12.2 Å². The van der Waals surface area contributed by atoms with Crippen LogP contribution in [-0.2, 0) is 9.47 Å². The summed E-state index contributed by atoms with van der Waals surface area (Å²) in [5.41, 5.74) is 0.712. The summed E-state index contributed by atoms with van der Waals surface area (Å²) in [5, 5.41) is 3.00. The first kappa shape index (κ1) is 10.9. The molecule has 0 atom stereocenters. The Bertz CT molecular complexity index is 277. The van der Waals surface area contributed by atoms with Gasteiger partial charge < -0.3 is 14.8 Å². The van der Waals surface area contributed by atoms with E-state index in [-0.39, 0.29) is 12.1 Å². The maximum atomic E-state index is 12.8. The van der Waals surface area contributed by atoms with Crippen LogP contribution < -0.4 is 5.32 Å². The Hall–Kier alpha value is -1.13. The van der Waals surface area contributed by atoms with Crippen LogP contribution in [0.2, 0.25) is 0 Å². The number of nitrogens with one attached hydrogen (secondary N) is 1. The highest BCUT2D eigenvalue weighted by molar-refractivity contribution is 5.42. The maximum absolute atomic E-state index is 12.8. The van der Waals surface area contributed by atoms with Gasteiger partial charge in [0.15, 0.2) is 6.29 Å². The molecule has 0 saturated carbocycles. The number of rotatable bonds is 5. The standard InChI is InChI=1S/C10H14FNO2/c1-13-10(14-2)7-12-9-5-3-4-8(11)6-9/h3-6,10,12H,7H2,1-2H3. The fourth-order valence-electron chi connectivity index (χ4n) is 1.06. The lowest BCUT2D eigenvalue weighted by atomic mass is 10.3. The molecule has 0 amide bonds. The molecule has 0 aliphatic rings. The zero-order valence-corrected chi connectivity index (χ0v) is 8.29. The van der Waals surface area contributed by atoms with Crippen LogP contribution in [0.3, 0.4) is 0 Å². The van der Waals surface area contributed by atoms with E-state index in [9.17, 15) is 4.39 Å². The second kappa shape index (κ2) is 5.57. The van der Waals surface area contributed by atoms with Crippen LogP contribution in [0.25, 0.3) is 0 Å². The molecular weight excluding hydrogens is 185 g/mol. The van der Waals surface area contributed by atoms with Crippen LogP contribution in [-0.4, -0.2) is 27.1 Å². The van der Waals surface area contributed by atoms with Crippen molar-refractivity contribution in [2.75, 3.05) is 26.1 Å². The molecule has 0 radical (unpaired) electrons. The number of hydrogen-bond acceptors (Lipinski definition) is 3. The number of anilines is 1. The van der Waals surface area contributed by atoms with Gasteiger partial charge in [0, 0.05) is 19.9 Å². The third-order valence-corrected chi connectivity index (χ3v) is 1.82. The third-order valence-electron chi connectivity index (χ3n) is 1.82. The molecule has 0 aliphatic heterocycles. The van der Waals surface area contributed by atoms with E-state index in [2.05, 4.69) is 5.32 Å². The van der Waals surface area contributed by atoms with Gasteiger partial charge in [0.2, 0.25) is 0 Å². The highest BCUT2D eigenvalue weighted by Crippen LogP contribution is 2.09. The van der Waals surface area contributed by atoms with Crippen molar-refractivity contribution in [1.29, 1.82) is 0 Å². The lowest BCUT2D eigenvalue weighted by Crippen LogP contribution is -2.23. The zero-order valence-electron chi connectivity index (χ0n) is 8.29. The quantitative estimate of drug-likeness (QED) is 0.734. The van der Waals surface area contributed by atoms with Gasteiger partial charge in [-0.25, -0.2) is 4.39 Å². The fraction of sp³-hybridized carbons (Fsp3) is 0.400. The Morgan fingerprint density at radius 2 is 2.07 bits per heavy atom. The van der Waals surface area contributed by atoms with E-state index in [1.165, 1.54) is 12.1 Å². The molecule has 1 rings (SSSR count). The highest BCUT2D eigenvalue weighted by atomic mass is 19.1. The van der Waals surface area contributed by atoms with Gasteiger partial charge in [0.25, 0.3) is 0 Å². The van der Waals surface area contributed by atoms with Crippen molar-refractivity contribution in [1.82, 2.24) is 0 Å². The number of halogens is 1. The smallest absolute Gasteiger partial charge is 0.173 e. The first-order chi connectivity index (χ1) is 6.76. The molecule has 1 aromatic carbocycles. The van der Waals surface area contributed by atoms with Crippen molar-refractivity contribution in [2.24, 2.45) is 0 Å². The minimum absolute atomic E-state index is 0.263. The summed E-state index contributed by atoms with van der Waals surface area (Å²) >= 11 is 0. The molecule has 1 N–H and O–H groups in total. The van der Waals surface area contributed by atoms with E-state index < -0.39 is 0 Å². The minimum Gasteiger partial charge on any atom is -0.380 e.